The monoisotopic (exact) mass is 1050 g/mol. The fourth-order valence-corrected chi connectivity index (χ4v) is 20.1. The SMILES string of the molecule is CCOCCOC1(C)CCC(O[Si](CC)(CC)CC)CC(=O)OC(/C(C)=C/C=C/C(C)(CC2OC2C(C)C(CC)O[Si](CC)(CC)CC)O[Si](CC)(CC)CC)C(C)/C=C/C1OC(=O)N1CCN(C)CC1. The lowest BCUT2D eigenvalue weighted by Gasteiger charge is -2.40. The minimum absolute atomic E-state index is 0.0789. The second-order valence-corrected chi connectivity index (χ2v) is 35.9. The maximum atomic E-state index is 14.3. The number of allylic oxidation sites excluding steroid dienone is 2. The molecule has 3 heterocycles. The number of hydrogen-bond donors (Lipinski definition) is 0. The van der Waals surface area contributed by atoms with E-state index >= 15 is 0 Å². The van der Waals surface area contributed by atoms with Crippen molar-refractivity contribution in [3.63, 3.8) is 0 Å². The summed E-state index contributed by atoms with van der Waals surface area (Å²) in [7, 11) is -3.92. The molecule has 15 heteroatoms. The Labute approximate surface area is 437 Å². The highest BCUT2D eigenvalue weighted by molar-refractivity contribution is 6.74. The van der Waals surface area contributed by atoms with Crippen molar-refractivity contribution in [1.29, 1.82) is 0 Å². The number of nitrogens with zero attached hydrogens (tertiary/aromatic N) is 2. The van der Waals surface area contributed by atoms with Gasteiger partial charge in [0.2, 0.25) is 0 Å². The predicted octanol–water partition coefficient (Wildman–Crippen LogP) is 13.1. The average Bonchev–Trinajstić information content (AvgIpc) is 4.14. The Kier molecular flexibility index (Phi) is 27.0. The number of hydrogen-bond acceptors (Lipinski definition) is 11. The van der Waals surface area contributed by atoms with Crippen molar-refractivity contribution in [2.45, 2.75) is 245 Å². The number of carbonyl (C=O) groups is 2. The molecule has 2 saturated heterocycles. The third kappa shape index (κ3) is 18.5. The Hall–Kier alpha value is -1.67. The number of cyclic esters (lactones) is 1. The Morgan fingerprint density at radius 1 is 0.873 bits per heavy atom. The molecule has 1 amide bonds. The molecule has 3 aliphatic heterocycles. The quantitative estimate of drug-likeness (QED) is 0.0178. The van der Waals surface area contributed by atoms with Gasteiger partial charge in [-0.1, -0.05) is 107 Å². The van der Waals surface area contributed by atoms with Gasteiger partial charge >= 0.3 is 12.1 Å². The second-order valence-electron chi connectivity index (χ2n) is 21.8. The van der Waals surface area contributed by atoms with Crippen molar-refractivity contribution in [2.75, 3.05) is 53.0 Å². The first-order valence-corrected chi connectivity index (χ1v) is 36.1. The number of amides is 1. The van der Waals surface area contributed by atoms with E-state index in [0.717, 1.165) is 85.9 Å². The molecule has 0 radical (unpaired) electrons. The van der Waals surface area contributed by atoms with Crippen LogP contribution >= 0.6 is 0 Å². The minimum Gasteiger partial charge on any atom is -0.457 e. The van der Waals surface area contributed by atoms with Gasteiger partial charge in [0.05, 0.1) is 43.5 Å². The lowest BCUT2D eigenvalue weighted by molar-refractivity contribution is -0.152. The molecule has 10 unspecified atom stereocenters. The summed E-state index contributed by atoms with van der Waals surface area (Å²) in [6.45, 7) is 39.4. The topological polar surface area (TPSA) is 118 Å². The molecule has 3 rings (SSSR count). The van der Waals surface area contributed by atoms with Crippen LogP contribution < -0.4 is 0 Å². The van der Waals surface area contributed by atoms with Gasteiger partial charge in [0.25, 0.3) is 0 Å². The summed E-state index contributed by atoms with van der Waals surface area (Å²) in [5, 5.41) is 0. The summed E-state index contributed by atoms with van der Waals surface area (Å²) in [6.07, 6.45) is 11.7. The van der Waals surface area contributed by atoms with Gasteiger partial charge in [0.15, 0.2) is 31.1 Å². The van der Waals surface area contributed by atoms with E-state index in [1.807, 2.05) is 32.9 Å². The molecular weight excluding hydrogens is 945 g/mol. The second kappa shape index (κ2) is 30.2. The van der Waals surface area contributed by atoms with E-state index in [0.29, 0.717) is 45.8 Å². The third-order valence-electron chi connectivity index (χ3n) is 17.2. The van der Waals surface area contributed by atoms with Crippen LogP contribution in [0.4, 0.5) is 4.79 Å². The zero-order valence-electron chi connectivity index (χ0n) is 48.3. The highest BCUT2D eigenvalue weighted by Crippen LogP contribution is 2.43. The van der Waals surface area contributed by atoms with Crippen LogP contribution in [0.3, 0.4) is 0 Å². The van der Waals surface area contributed by atoms with Gasteiger partial charge in [-0.3, -0.25) is 4.79 Å². The van der Waals surface area contributed by atoms with Crippen LogP contribution in [-0.4, -0.2) is 148 Å². The number of carbonyl (C=O) groups excluding carboxylic acids is 2. The van der Waals surface area contributed by atoms with Gasteiger partial charge in [-0.05, 0) is 120 Å². The number of ether oxygens (including phenoxy) is 5. The number of likely N-dealkylation sites (N-methyl/N-ethyl adjacent to an activating group) is 1. The van der Waals surface area contributed by atoms with E-state index < -0.39 is 48.4 Å². The molecule has 0 aromatic heterocycles. The zero-order chi connectivity index (χ0) is 53.0. The van der Waals surface area contributed by atoms with Crippen molar-refractivity contribution in [1.82, 2.24) is 9.80 Å². The highest BCUT2D eigenvalue weighted by Gasteiger charge is 2.51. The molecule has 0 aromatic rings. The Morgan fingerprint density at radius 2 is 1.46 bits per heavy atom. The fourth-order valence-electron chi connectivity index (χ4n) is 11.1. The van der Waals surface area contributed by atoms with Gasteiger partial charge in [-0.15, -0.1) is 0 Å². The molecule has 0 bridgehead atoms. The molecule has 0 saturated carbocycles. The van der Waals surface area contributed by atoms with E-state index in [4.69, 9.17) is 37.0 Å². The Morgan fingerprint density at radius 3 is 2.01 bits per heavy atom. The molecule has 12 nitrogen and oxygen atoms in total. The number of piperazine rings is 1. The first-order valence-electron chi connectivity index (χ1n) is 28.5. The fraction of sp³-hybridized carbons (Fsp3) is 0.857. The largest absolute Gasteiger partial charge is 0.457 e. The minimum atomic E-state index is -2.16. The zero-order valence-corrected chi connectivity index (χ0v) is 51.3. The normalized spacial score (nSPS) is 27.9. The first-order chi connectivity index (χ1) is 33.7. The summed E-state index contributed by atoms with van der Waals surface area (Å²) >= 11 is 0. The van der Waals surface area contributed by atoms with Crippen LogP contribution in [0.2, 0.25) is 54.4 Å². The van der Waals surface area contributed by atoms with E-state index in [2.05, 4.69) is 120 Å². The van der Waals surface area contributed by atoms with Crippen molar-refractivity contribution >= 4 is 37.0 Å². The van der Waals surface area contributed by atoms with Crippen LogP contribution in [-0.2, 0) is 41.8 Å². The lowest BCUT2D eigenvalue weighted by atomic mass is 9.88. The molecule has 0 aliphatic carbocycles. The third-order valence-corrected chi connectivity index (χ3v) is 31.3. The van der Waals surface area contributed by atoms with E-state index in [1.165, 1.54) is 0 Å². The summed E-state index contributed by atoms with van der Waals surface area (Å²) in [5.74, 6) is -0.267. The van der Waals surface area contributed by atoms with E-state index in [9.17, 15) is 9.59 Å². The molecule has 10 atom stereocenters. The number of esters is 1. The average molecular weight is 1050 g/mol. The van der Waals surface area contributed by atoms with Crippen LogP contribution in [0.5, 0.6) is 0 Å². The Balaban J connectivity index is 2.08. The maximum absolute atomic E-state index is 14.3. The smallest absolute Gasteiger partial charge is 0.410 e. The van der Waals surface area contributed by atoms with Gasteiger partial charge in [0, 0.05) is 57.1 Å². The summed E-state index contributed by atoms with van der Waals surface area (Å²) in [4.78, 5) is 32.3. The molecule has 0 spiro atoms. The lowest BCUT2D eigenvalue weighted by Crippen LogP contribution is -2.51. The van der Waals surface area contributed by atoms with Crippen LogP contribution in [0, 0.1) is 11.8 Å². The maximum Gasteiger partial charge on any atom is 0.410 e. The molecule has 71 heavy (non-hydrogen) atoms. The first kappa shape index (κ1) is 63.6. The molecule has 2 fully saturated rings. The predicted molar refractivity (Wildman–Crippen MR) is 299 cm³/mol. The standard InChI is InChI=1S/C56H106N2O10Si3/c1-18-48(67-70(23-6,24-7)25-8)46(14)53-49(63-53)43-55(15,68-71(26-9,27-10)28-11)34-29-30-44(12)52-45(13)31-32-50(64-54(60)58-38-36-57(17)37-39-58)56(16,62-41-40-61-19-2)35-33-47(42-51(59)65-52)66-69(20-3,21-4)22-5/h29-32,34,45-50,52-53H,18-28,33,35-43H2,1-17H3/b32-31+,34-29+,44-30+. The molecule has 0 N–H and O–H groups in total. The number of rotatable bonds is 29. The summed E-state index contributed by atoms with van der Waals surface area (Å²) < 4.78 is 53.7. The number of epoxide rings is 1. The van der Waals surface area contributed by atoms with Gasteiger partial charge in [-0.2, -0.15) is 0 Å². The van der Waals surface area contributed by atoms with Crippen molar-refractivity contribution in [3.8, 4) is 0 Å². The summed E-state index contributed by atoms with van der Waals surface area (Å²) in [5.41, 5.74) is -0.597. The van der Waals surface area contributed by atoms with Gasteiger partial charge in [0.1, 0.15) is 11.7 Å². The van der Waals surface area contributed by atoms with Crippen LogP contribution in [0.25, 0.3) is 0 Å². The van der Waals surface area contributed by atoms with E-state index in [1.54, 1.807) is 4.90 Å². The molecule has 412 valence electrons. The highest BCUT2D eigenvalue weighted by atomic mass is 28.4. The Bertz CT molecular complexity index is 1640. The molecule has 0 aromatic carbocycles. The van der Waals surface area contributed by atoms with Gasteiger partial charge in [-0.25, -0.2) is 4.79 Å². The summed E-state index contributed by atoms with van der Waals surface area (Å²) in [6, 6.07) is 9.40. The molecule has 3 aliphatic rings. The van der Waals surface area contributed by atoms with Crippen LogP contribution in [0.1, 0.15) is 143 Å². The molecular formula is C56H106N2O10Si3. The van der Waals surface area contributed by atoms with Crippen molar-refractivity contribution in [3.05, 3.63) is 36.0 Å². The van der Waals surface area contributed by atoms with Gasteiger partial charge < -0.3 is 46.8 Å². The van der Waals surface area contributed by atoms with Crippen molar-refractivity contribution in [2.24, 2.45) is 11.8 Å². The van der Waals surface area contributed by atoms with Crippen molar-refractivity contribution < 1.29 is 46.6 Å². The van der Waals surface area contributed by atoms with Crippen LogP contribution in [0.15, 0.2) is 36.0 Å². The van der Waals surface area contributed by atoms with E-state index in [-0.39, 0.29) is 54.7 Å².